The Morgan fingerprint density at radius 3 is 2.25 bits per heavy atom. The fraction of sp³-hybridized carbons (Fsp3) is 0.643. The van der Waals surface area contributed by atoms with Gasteiger partial charge in [0.25, 0.3) is 11.8 Å². The zero-order valence-corrected chi connectivity index (χ0v) is 22.4. The highest BCUT2D eigenvalue weighted by molar-refractivity contribution is 6.31. The molecule has 2 aromatic rings. The van der Waals surface area contributed by atoms with Gasteiger partial charge in [-0.2, -0.15) is 0 Å². The summed E-state index contributed by atoms with van der Waals surface area (Å²) >= 11 is 6.14. The fourth-order valence-corrected chi connectivity index (χ4v) is 6.69. The number of likely N-dealkylation sites (tertiary alicyclic amines) is 3. The number of nitrogens with zero attached hydrogens (tertiary/aromatic N) is 3. The predicted molar refractivity (Wildman–Crippen MR) is 144 cm³/mol. The van der Waals surface area contributed by atoms with Gasteiger partial charge < -0.3 is 20.1 Å². The van der Waals surface area contributed by atoms with Crippen LogP contribution in [0.2, 0.25) is 5.02 Å². The molecule has 0 bridgehead atoms. The van der Waals surface area contributed by atoms with Gasteiger partial charge >= 0.3 is 0 Å². The van der Waals surface area contributed by atoms with Crippen molar-refractivity contribution >= 4 is 34.3 Å². The first-order valence-corrected chi connectivity index (χ1v) is 14.0. The Labute approximate surface area is 219 Å². The van der Waals surface area contributed by atoms with Crippen LogP contribution in [0.1, 0.15) is 62.4 Å². The van der Waals surface area contributed by atoms with Crippen LogP contribution in [0.25, 0.3) is 10.9 Å². The number of H-pyrrole nitrogens is 1. The lowest BCUT2D eigenvalue weighted by molar-refractivity contribution is -0.148. The summed E-state index contributed by atoms with van der Waals surface area (Å²) in [7, 11) is 2.21. The summed E-state index contributed by atoms with van der Waals surface area (Å²) in [5.41, 5.74) is 0.239. The number of benzene rings is 1. The average Bonchev–Trinajstić information content (AvgIpc) is 3.33. The van der Waals surface area contributed by atoms with E-state index >= 15 is 0 Å². The van der Waals surface area contributed by atoms with Crippen molar-refractivity contribution in [2.75, 3.05) is 46.3 Å². The zero-order valence-electron chi connectivity index (χ0n) is 21.7. The monoisotopic (exact) mass is 513 g/mol. The third kappa shape index (κ3) is 5.29. The third-order valence-corrected chi connectivity index (χ3v) is 9.08. The number of piperidine rings is 3. The van der Waals surface area contributed by atoms with Crippen molar-refractivity contribution in [2.24, 2.45) is 11.8 Å². The standard InChI is InChI=1S/C28H40ClN5O2/c1-28(34-12-4-3-5-13-34,31-26(35)25-19-22-18-23(29)6-7-24(22)30-25)27(36)33-16-10-21(11-17-33)20-8-14-32(2)15-9-20/h6-7,18-21,30H,3-5,8-17H2,1-2H3,(H,31,35)/t28-/m1/s1. The van der Waals surface area contributed by atoms with Crippen LogP contribution in [-0.4, -0.2) is 83.5 Å². The minimum absolute atomic E-state index is 0.0266. The predicted octanol–water partition coefficient (Wildman–Crippen LogP) is 4.33. The minimum atomic E-state index is -1.06. The number of hydrogen-bond acceptors (Lipinski definition) is 4. The van der Waals surface area contributed by atoms with Crippen molar-refractivity contribution < 1.29 is 9.59 Å². The summed E-state index contributed by atoms with van der Waals surface area (Å²) in [6.07, 6.45) is 7.92. The Kier molecular flexibility index (Phi) is 7.61. The Balaban J connectivity index is 1.30. The highest BCUT2D eigenvalue weighted by atomic mass is 35.5. The molecule has 5 rings (SSSR count). The number of nitrogens with one attached hydrogen (secondary N) is 2. The largest absolute Gasteiger partial charge is 0.351 e. The second-order valence-electron chi connectivity index (χ2n) is 11.3. The molecule has 0 saturated carbocycles. The van der Waals surface area contributed by atoms with Gasteiger partial charge in [0.15, 0.2) is 5.66 Å². The van der Waals surface area contributed by atoms with Crippen LogP contribution in [0.3, 0.4) is 0 Å². The smallest absolute Gasteiger partial charge is 0.269 e. The van der Waals surface area contributed by atoms with E-state index in [1.807, 2.05) is 30.0 Å². The molecule has 36 heavy (non-hydrogen) atoms. The van der Waals surface area contributed by atoms with Gasteiger partial charge in [0.05, 0.1) is 0 Å². The summed E-state index contributed by atoms with van der Waals surface area (Å²) in [6, 6.07) is 7.33. The number of fused-ring (bicyclic) bond motifs is 1. The highest BCUT2D eigenvalue weighted by Gasteiger charge is 2.45. The topological polar surface area (TPSA) is 71.7 Å². The van der Waals surface area contributed by atoms with E-state index in [9.17, 15) is 9.59 Å². The zero-order chi connectivity index (χ0) is 25.3. The van der Waals surface area contributed by atoms with Crippen molar-refractivity contribution in [1.82, 2.24) is 25.0 Å². The van der Waals surface area contributed by atoms with Crippen LogP contribution in [0, 0.1) is 11.8 Å². The number of amides is 2. The molecular weight excluding hydrogens is 474 g/mol. The Morgan fingerprint density at radius 2 is 1.58 bits per heavy atom. The van der Waals surface area contributed by atoms with Gasteiger partial charge in [0, 0.05) is 42.1 Å². The maximum Gasteiger partial charge on any atom is 0.269 e. The van der Waals surface area contributed by atoms with Crippen molar-refractivity contribution in [3.05, 3.63) is 35.0 Å². The molecule has 0 spiro atoms. The van der Waals surface area contributed by atoms with Gasteiger partial charge in [-0.15, -0.1) is 0 Å². The van der Waals surface area contributed by atoms with E-state index in [1.165, 1.54) is 32.4 Å². The molecule has 1 aromatic heterocycles. The summed E-state index contributed by atoms with van der Waals surface area (Å²) in [5.74, 6) is 1.25. The van der Waals surface area contributed by atoms with Gasteiger partial charge in [-0.3, -0.25) is 14.5 Å². The number of hydrogen-bond donors (Lipinski definition) is 2. The molecule has 7 nitrogen and oxygen atoms in total. The molecule has 3 aliphatic heterocycles. The van der Waals surface area contributed by atoms with E-state index in [-0.39, 0.29) is 11.8 Å². The molecule has 4 heterocycles. The Bertz CT molecular complexity index is 1080. The van der Waals surface area contributed by atoms with Crippen LogP contribution in [0.5, 0.6) is 0 Å². The van der Waals surface area contributed by atoms with E-state index in [2.05, 4.69) is 27.1 Å². The van der Waals surface area contributed by atoms with Gasteiger partial charge in [0.2, 0.25) is 0 Å². The van der Waals surface area contributed by atoms with Crippen LogP contribution in [-0.2, 0) is 4.79 Å². The van der Waals surface area contributed by atoms with Gasteiger partial charge in [-0.25, -0.2) is 0 Å². The quantitative estimate of drug-likeness (QED) is 0.624. The van der Waals surface area contributed by atoms with Crippen molar-refractivity contribution in [3.8, 4) is 0 Å². The second-order valence-corrected chi connectivity index (χ2v) is 11.7. The van der Waals surface area contributed by atoms with E-state index < -0.39 is 5.66 Å². The molecule has 2 amide bonds. The lowest BCUT2D eigenvalue weighted by Crippen LogP contribution is -2.68. The van der Waals surface area contributed by atoms with E-state index in [4.69, 9.17) is 11.6 Å². The maximum absolute atomic E-state index is 14.1. The normalized spacial score (nSPS) is 23.0. The van der Waals surface area contributed by atoms with Crippen molar-refractivity contribution in [2.45, 2.75) is 57.5 Å². The molecule has 0 radical (unpaired) electrons. The SMILES string of the molecule is CN1CCC(C2CCN(C(=O)[C@](C)(NC(=O)c3cc4cc(Cl)ccc4[nH]3)N3CCCCC3)CC2)CC1. The summed E-state index contributed by atoms with van der Waals surface area (Å²) in [5, 5.41) is 4.67. The van der Waals surface area contributed by atoms with E-state index in [0.29, 0.717) is 16.6 Å². The average molecular weight is 514 g/mol. The molecule has 8 heteroatoms. The highest BCUT2D eigenvalue weighted by Crippen LogP contribution is 2.33. The molecule has 3 saturated heterocycles. The first kappa shape index (κ1) is 25.6. The molecular formula is C28H40ClN5O2. The second kappa shape index (κ2) is 10.7. The summed E-state index contributed by atoms with van der Waals surface area (Å²) in [6.45, 7) is 7.46. The van der Waals surface area contributed by atoms with Crippen LogP contribution in [0.4, 0.5) is 0 Å². The summed E-state index contributed by atoms with van der Waals surface area (Å²) in [4.78, 5) is 37.3. The first-order valence-electron chi connectivity index (χ1n) is 13.7. The van der Waals surface area contributed by atoms with Crippen molar-refractivity contribution in [1.29, 1.82) is 0 Å². The molecule has 1 aromatic carbocycles. The third-order valence-electron chi connectivity index (χ3n) is 8.85. The lowest BCUT2D eigenvalue weighted by atomic mass is 9.78. The van der Waals surface area contributed by atoms with Crippen LogP contribution in [0.15, 0.2) is 24.3 Å². The van der Waals surface area contributed by atoms with Gasteiger partial charge in [-0.1, -0.05) is 18.0 Å². The molecule has 196 valence electrons. The van der Waals surface area contributed by atoms with Crippen molar-refractivity contribution in [3.63, 3.8) is 0 Å². The first-order chi connectivity index (χ1) is 17.3. The summed E-state index contributed by atoms with van der Waals surface area (Å²) < 4.78 is 0. The molecule has 2 N–H and O–H groups in total. The minimum Gasteiger partial charge on any atom is -0.351 e. The van der Waals surface area contributed by atoms with E-state index in [1.54, 1.807) is 6.07 Å². The van der Waals surface area contributed by atoms with Crippen LogP contribution >= 0.6 is 11.6 Å². The number of carbonyl (C=O) groups excluding carboxylic acids is 2. The molecule has 3 fully saturated rings. The number of carbonyl (C=O) groups is 2. The van der Waals surface area contributed by atoms with E-state index in [0.717, 1.165) is 68.7 Å². The molecule has 0 unspecified atom stereocenters. The number of rotatable bonds is 5. The Morgan fingerprint density at radius 1 is 0.944 bits per heavy atom. The fourth-order valence-electron chi connectivity index (χ4n) is 6.50. The maximum atomic E-state index is 14.1. The number of aromatic nitrogens is 1. The molecule has 0 aliphatic carbocycles. The molecule has 1 atom stereocenters. The Hall–Kier alpha value is -2.09. The lowest BCUT2D eigenvalue weighted by Gasteiger charge is -2.46. The van der Waals surface area contributed by atoms with Gasteiger partial charge in [-0.05, 0) is 102 Å². The van der Waals surface area contributed by atoms with Gasteiger partial charge in [0.1, 0.15) is 5.69 Å². The van der Waals surface area contributed by atoms with Crippen LogP contribution < -0.4 is 5.32 Å². The number of aromatic amines is 1. The number of halogens is 1. The molecule has 3 aliphatic rings.